The minimum Gasteiger partial charge on any atom is -0.360 e. The Bertz CT molecular complexity index is 1210. The number of benzene rings is 2. The van der Waals surface area contributed by atoms with Crippen LogP contribution < -0.4 is 10.9 Å². The molecule has 0 aliphatic carbocycles. The average molecular weight is 455 g/mol. The number of aryl methyl sites for hydroxylation is 1. The Morgan fingerprint density at radius 2 is 1.66 bits per heavy atom. The van der Waals surface area contributed by atoms with E-state index < -0.39 is 15.9 Å². The lowest BCUT2D eigenvalue weighted by atomic mass is 10.1. The molecule has 3 N–H and O–H groups in total. The van der Waals surface area contributed by atoms with E-state index in [2.05, 4.69) is 15.8 Å². The number of aromatic nitrogens is 1. The van der Waals surface area contributed by atoms with Gasteiger partial charge < -0.3 is 4.98 Å². The van der Waals surface area contributed by atoms with Crippen LogP contribution in [0, 0.1) is 0 Å². The van der Waals surface area contributed by atoms with Crippen LogP contribution in [0.4, 0.5) is 0 Å². The molecule has 0 bridgehead atoms. The zero-order chi connectivity index (χ0) is 22.6. The van der Waals surface area contributed by atoms with Crippen molar-refractivity contribution in [2.24, 2.45) is 0 Å². The van der Waals surface area contributed by atoms with Gasteiger partial charge in [-0.05, 0) is 43.0 Å². The number of amides is 2. The second kappa shape index (κ2) is 9.54. The van der Waals surface area contributed by atoms with Crippen molar-refractivity contribution >= 4 is 32.7 Å². The summed E-state index contributed by atoms with van der Waals surface area (Å²) in [5.41, 5.74) is 7.01. The highest BCUT2D eigenvalue weighted by Gasteiger charge is 2.25. The van der Waals surface area contributed by atoms with Crippen LogP contribution in [0.1, 0.15) is 41.6 Å². The normalized spacial score (nSPS) is 14.9. The Morgan fingerprint density at radius 3 is 2.41 bits per heavy atom. The zero-order valence-corrected chi connectivity index (χ0v) is 18.5. The molecular weight excluding hydrogens is 428 g/mol. The Morgan fingerprint density at radius 1 is 0.938 bits per heavy atom. The standard InChI is InChI=1S/C23H26N4O4S/c28-22(25-26-23(29)20-16-24-21-7-3-2-6-19(20)21)13-10-17-8-11-18(12-9-17)32(30,31)27-14-4-1-5-15-27/h2-3,6-9,11-12,16,24H,1,4-5,10,13-15H2,(H,25,28)(H,26,29). The van der Waals surface area contributed by atoms with Crippen molar-refractivity contribution < 1.29 is 18.0 Å². The van der Waals surface area contributed by atoms with Gasteiger partial charge in [0.1, 0.15) is 0 Å². The molecule has 9 heteroatoms. The van der Waals surface area contributed by atoms with E-state index in [1.165, 1.54) is 4.31 Å². The first-order valence-electron chi connectivity index (χ1n) is 10.7. The summed E-state index contributed by atoms with van der Waals surface area (Å²) in [6, 6.07) is 14.1. The second-order valence-corrected chi connectivity index (χ2v) is 9.80. The number of carbonyl (C=O) groups is 2. The lowest BCUT2D eigenvalue weighted by Gasteiger charge is -2.25. The Labute approximate surface area is 187 Å². The summed E-state index contributed by atoms with van der Waals surface area (Å²) in [5, 5.41) is 0.777. The van der Waals surface area contributed by atoms with Gasteiger partial charge in [0.25, 0.3) is 5.91 Å². The maximum absolute atomic E-state index is 12.7. The molecule has 2 aromatic carbocycles. The highest BCUT2D eigenvalue weighted by Crippen LogP contribution is 2.21. The van der Waals surface area contributed by atoms with E-state index in [-0.39, 0.29) is 17.2 Å². The van der Waals surface area contributed by atoms with E-state index in [4.69, 9.17) is 0 Å². The van der Waals surface area contributed by atoms with Crippen molar-refractivity contribution in [1.29, 1.82) is 0 Å². The Hall–Kier alpha value is -3.17. The molecule has 1 aromatic heterocycles. The van der Waals surface area contributed by atoms with Crippen LogP contribution in [0.3, 0.4) is 0 Å². The molecule has 1 aliphatic rings. The third-order valence-electron chi connectivity index (χ3n) is 5.67. The number of aromatic amines is 1. The van der Waals surface area contributed by atoms with Crippen molar-refractivity contribution in [2.45, 2.75) is 37.0 Å². The van der Waals surface area contributed by atoms with Crippen molar-refractivity contribution in [2.75, 3.05) is 13.1 Å². The van der Waals surface area contributed by atoms with Crippen molar-refractivity contribution in [3.63, 3.8) is 0 Å². The van der Waals surface area contributed by atoms with Gasteiger partial charge in [0.05, 0.1) is 10.5 Å². The molecule has 0 unspecified atom stereocenters. The maximum atomic E-state index is 12.7. The number of carbonyl (C=O) groups excluding carboxylic acids is 2. The summed E-state index contributed by atoms with van der Waals surface area (Å²) in [5.74, 6) is -0.730. The van der Waals surface area contributed by atoms with Crippen LogP contribution in [0.25, 0.3) is 10.9 Å². The van der Waals surface area contributed by atoms with Crippen LogP contribution >= 0.6 is 0 Å². The molecule has 0 atom stereocenters. The van der Waals surface area contributed by atoms with Crippen LogP contribution in [0.2, 0.25) is 0 Å². The molecule has 1 saturated heterocycles. The monoisotopic (exact) mass is 454 g/mol. The van der Waals surface area contributed by atoms with E-state index in [1.807, 2.05) is 24.3 Å². The van der Waals surface area contributed by atoms with E-state index >= 15 is 0 Å². The third kappa shape index (κ3) is 4.84. The van der Waals surface area contributed by atoms with E-state index in [1.54, 1.807) is 30.5 Å². The smallest absolute Gasteiger partial charge is 0.271 e. The minimum absolute atomic E-state index is 0.159. The van der Waals surface area contributed by atoms with Crippen LogP contribution in [-0.2, 0) is 21.2 Å². The number of nitrogens with one attached hydrogen (secondary N) is 3. The molecule has 8 nitrogen and oxygen atoms in total. The summed E-state index contributed by atoms with van der Waals surface area (Å²) in [6.07, 6.45) is 5.04. The Kier molecular flexibility index (Phi) is 6.57. The second-order valence-electron chi connectivity index (χ2n) is 7.86. The van der Waals surface area contributed by atoms with E-state index in [0.717, 1.165) is 35.7 Å². The molecule has 3 aromatic rings. The van der Waals surface area contributed by atoms with Gasteiger partial charge in [-0.3, -0.25) is 20.4 Å². The SMILES string of the molecule is O=C(CCc1ccc(S(=O)(=O)N2CCCCC2)cc1)NNC(=O)c1c[nH]c2ccccc12. The molecule has 168 valence electrons. The number of hydrogen-bond donors (Lipinski definition) is 3. The minimum atomic E-state index is -3.46. The molecule has 2 heterocycles. The largest absolute Gasteiger partial charge is 0.360 e. The predicted octanol–water partition coefficient (Wildman–Crippen LogP) is 2.74. The van der Waals surface area contributed by atoms with Crippen LogP contribution in [0.15, 0.2) is 59.6 Å². The molecule has 2 amide bonds. The molecule has 4 rings (SSSR count). The topological polar surface area (TPSA) is 111 Å². The number of H-pyrrole nitrogens is 1. The number of hydrazine groups is 1. The summed E-state index contributed by atoms with van der Waals surface area (Å²) in [4.78, 5) is 27.8. The van der Waals surface area contributed by atoms with Gasteiger partial charge >= 0.3 is 0 Å². The first-order valence-corrected chi connectivity index (χ1v) is 12.1. The van der Waals surface area contributed by atoms with Crippen molar-refractivity contribution in [1.82, 2.24) is 20.1 Å². The fraction of sp³-hybridized carbons (Fsp3) is 0.304. The van der Waals surface area contributed by atoms with Crippen LogP contribution in [-0.4, -0.2) is 42.6 Å². The van der Waals surface area contributed by atoms with E-state index in [0.29, 0.717) is 25.1 Å². The van der Waals surface area contributed by atoms with Crippen molar-refractivity contribution in [3.8, 4) is 0 Å². The molecule has 1 fully saturated rings. The number of nitrogens with zero attached hydrogens (tertiary/aromatic N) is 1. The molecular formula is C23H26N4O4S. The number of fused-ring (bicyclic) bond motifs is 1. The molecule has 0 saturated carbocycles. The summed E-state index contributed by atoms with van der Waals surface area (Å²) < 4.78 is 27.0. The fourth-order valence-electron chi connectivity index (χ4n) is 3.86. The van der Waals surface area contributed by atoms with Crippen LogP contribution in [0.5, 0.6) is 0 Å². The first-order chi connectivity index (χ1) is 15.4. The third-order valence-corrected chi connectivity index (χ3v) is 7.58. The van der Waals surface area contributed by atoms with Gasteiger partial charge in [0.15, 0.2) is 0 Å². The highest BCUT2D eigenvalue weighted by atomic mass is 32.2. The molecule has 32 heavy (non-hydrogen) atoms. The number of piperidine rings is 1. The van der Waals surface area contributed by atoms with Gasteiger partial charge in [-0.1, -0.05) is 36.8 Å². The zero-order valence-electron chi connectivity index (χ0n) is 17.6. The quantitative estimate of drug-likeness (QED) is 0.497. The predicted molar refractivity (Wildman–Crippen MR) is 121 cm³/mol. The number of sulfonamides is 1. The van der Waals surface area contributed by atoms with Gasteiger partial charge in [-0.15, -0.1) is 0 Å². The molecule has 0 spiro atoms. The molecule has 0 radical (unpaired) electrons. The number of para-hydroxylation sites is 1. The van der Waals surface area contributed by atoms with Gasteiger partial charge in [-0.2, -0.15) is 4.31 Å². The fourth-order valence-corrected chi connectivity index (χ4v) is 5.37. The maximum Gasteiger partial charge on any atom is 0.271 e. The molecule has 1 aliphatic heterocycles. The first kappa shape index (κ1) is 22.0. The van der Waals surface area contributed by atoms with Gasteiger partial charge in [0.2, 0.25) is 15.9 Å². The van der Waals surface area contributed by atoms with Crippen molar-refractivity contribution in [3.05, 3.63) is 65.9 Å². The number of rotatable bonds is 6. The lowest BCUT2D eigenvalue weighted by Crippen LogP contribution is -2.41. The lowest BCUT2D eigenvalue weighted by molar-refractivity contribution is -0.121. The van der Waals surface area contributed by atoms with Gasteiger partial charge in [0, 0.05) is 36.6 Å². The Balaban J connectivity index is 1.28. The van der Waals surface area contributed by atoms with E-state index in [9.17, 15) is 18.0 Å². The van der Waals surface area contributed by atoms with Gasteiger partial charge in [-0.25, -0.2) is 8.42 Å². The summed E-state index contributed by atoms with van der Waals surface area (Å²) in [6.45, 7) is 1.13. The number of hydrogen-bond acceptors (Lipinski definition) is 4. The average Bonchev–Trinajstić information content (AvgIpc) is 3.26. The summed E-state index contributed by atoms with van der Waals surface area (Å²) in [7, 11) is -3.46. The summed E-state index contributed by atoms with van der Waals surface area (Å²) >= 11 is 0. The highest BCUT2D eigenvalue weighted by molar-refractivity contribution is 7.89.